The van der Waals surface area contributed by atoms with Crippen LogP contribution in [0.3, 0.4) is 0 Å². The first-order valence-corrected chi connectivity index (χ1v) is 7.64. The van der Waals surface area contributed by atoms with E-state index in [4.69, 9.17) is 31.3 Å². The Morgan fingerprint density at radius 1 is 0.759 bits per heavy atom. The van der Waals surface area contributed by atoms with Crippen LogP contribution in [0.5, 0.6) is 0 Å². The molecular formula is C15H21NO13. The van der Waals surface area contributed by atoms with Crippen LogP contribution < -0.4 is 5.73 Å². The van der Waals surface area contributed by atoms with Crippen molar-refractivity contribution in [3.8, 4) is 0 Å². The van der Waals surface area contributed by atoms with Gasteiger partial charge in [0.25, 0.3) is 5.78 Å². The first-order valence-electron chi connectivity index (χ1n) is 7.64. The second kappa shape index (κ2) is 17.7. The normalized spacial score (nSPS) is 9.97. The lowest BCUT2D eigenvalue weighted by Gasteiger charge is -2.02. The number of carbonyl (C=O) groups excluding carboxylic acids is 3. The molecular weight excluding hydrogens is 402 g/mol. The molecule has 0 spiro atoms. The number of carboxylic acid groups (broad SMARTS) is 5. The molecule has 0 aliphatic heterocycles. The van der Waals surface area contributed by atoms with E-state index in [0.29, 0.717) is 19.3 Å². The molecule has 0 amide bonds. The van der Waals surface area contributed by atoms with Gasteiger partial charge in [0.05, 0.1) is 6.42 Å². The zero-order valence-electron chi connectivity index (χ0n) is 15.0. The highest BCUT2D eigenvalue weighted by Crippen LogP contribution is 1.96. The van der Waals surface area contributed by atoms with Crippen LogP contribution in [0.4, 0.5) is 0 Å². The summed E-state index contributed by atoms with van der Waals surface area (Å²) in [6, 6.07) is -0.819. The monoisotopic (exact) mass is 423 g/mol. The fraction of sp³-hybridized carbons (Fsp3) is 0.467. The van der Waals surface area contributed by atoms with Crippen LogP contribution in [0.1, 0.15) is 38.5 Å². The number of Topliss-reactive ketones (excluding diaryl/α,β-unsaturated/α-hetero) is 2. The summed E-state index contributed by atoms with van der Waals surface area (Å²) >= 11 is 0. The van der Waals surface area contributed by atoms with E-state index in [0.717, 1.165) is 6.29 Å². The first kappa shape index (κ1) is 30.1. The van der Waals surface area contributed by atoms with Gasteiger partial charge in [0, 0.05) is 12.8 Å². The van der Waals surface area contributed by atoms with E-state index in [1.165, 1.54) is 0 Å². The summed E-state index contributed by atoms with van der Waals surface area (Å²) < 4.78 is 0. The van der Waals surface area contributed by atoms with Gasteiger partial charge >= 0.3 is 29.8 Å². The average Bonchev–Trinajstić information content (AvgIpc) is 2.59. The fourth-order valence-electron chi connectivity index (χ4n) is 1.08. The Bertz CT molecular complexity index is 626. The molecule has 0 rings (SSSR count). The van der Waals surface area contributed by atoms with Gasteiger partial charge in [-0.05, 0) is 12.8 Å². The topological polar surface area (TPSA) is 264 Å². The number of nitrogens with two attached hydrogens (primary N) is 1. The van der Waals surface area contributed by atoms with Crippen LogP contribution in [0, 0.1) is 0 Å². The van der Waals surface area contributed by atoms with Crippen LogP contribution in [0.15, 0.2) is 0 Å². The van der Waals surface area contributed by atoms with Crippen molar-refractivity contribution in [3.63, 3.8) is 0 Å². The maximum absolute atomic E-state index is 10.2. The van der Waals surface area contributed by atoms with Gasteiger partial charge in [-0.2, -0.15) is 0 Å². The van der Waals surface area contributed by atoms with E-state index in [1.54, 1.807) is 0 Å². The van der Waals surface area contributed by atoms with Crippen LogP contribution in [-0.2, 0) is 38.4 Å². The Morgan fingerprint density at radius 3 is 1.52 bits per heavy atom. The molecule has 0 unspecified atom stereocenters. The quantitative estimate of drug-likeness (QED) is 0.0892. The van der Waals surface area contributed by atoms with Gasteiger partial charge in [0.1, 0.15) is 18.7 Å². The standard InChI is InChI=1S/C6H11NO3.C5H6O5.C4H4O5/c7-5(6(9)10)3-1-2-4-8;6-3(5(9)10)1-2-4(7)8;5-2(4(8)9)1-3(6)7/h4-5H,1-3,7H2,(H,9,10);1-2H2,(H,7,8)(H,9,10);1H2,(H,6,7)(H,8,9)/t5-;;/m0../s1. The highest BCUT2D eigenvalue weighted by atomic mass is 16.4. The number of carboxylic acids is 5. The van der Waals surface area contributed by atoms with Gasteiger partial charge in [-0.3, -0.25) is 24.0 Å². The zero-order chi connectivity index (χ0) is 23.6. The summed E-state index contributed by atoms with van der Waals surface area (Å²) in [5.41, 5.74) is 5.14. The molecule has 0 heterocycles. The third-order valence-corrected chi connectivity index (χ3v) is 2.51. The Kier molecular flexibility index (Phi) is 18.4. The summed E-state index contributed by atoms with van der Waals surface area (Å²) in [7, 11) is 0. The van der Waals surface area contributed by atoms with Crippen molar-refractivity contribution in [3.05, 3.63) is 0 Å². The van der Waals surface area contributed by atoms with Crippen molar-refractivity contribution < 1.29 is 63.9 Å². The molecule has 0 saturated carbocycles. The Hall–Kier alpha value is -3.68. The first-order chi connectivity index (χ1) is 13.3. The van der Waals surface area contributed by atoms with E-state index in [-0.39, 0.29) is 0 Å². The molecule has 0 aliphatic rings. The van der Waals surface area contributed by atoms with Crippen molar-refractivity contribution in [2.75, 3.05) is 0 Å². The summed E-state index contributed by atoms with van der Waals surface area (Å²) in [5.74, 6) is -9.27. The molecule has 14 heteroatoms. The molecule has 0 aliphatic carbocycles. The maximum Gasteiger partial charge on any atom is 0.372 e. The van der Waals surface area contributed by atoms with Crippen molar-refractivity contribution in [2.24, 2.45) is 5.73 Å². The predicted molar refractivity (Wildman–Crippen MR) is 89.9 cm³/mol. The molecule has 0 radical (unpaired) electrons. The van der Waals surface area contributed by atoms with Crippen molar-refractivity contribution in [2.45, 2.75) is 44.6 Å². The number of hydrogen-bond donors (Lipinski definition) is 6. The van der Waals surface area contributed by atoms with Crippen molar-refractivity contribution in [1.82, 2.24) is 0 Å². The number of hydrogen-bond acceptors (Lipinski definition) is 9. The summed E-state index contributed by atoms with van der Waals surface area (Å²) in [6.45, 7) is 0. The number of aldehydes is 1. The zero-order valence-corrected chi connectivity index (χ0v) is 15.0. The Balaban J connectivity index is -0.000000350. The molecule has 14 nitrogen and oxygen atoms in total. The lowest BCUT2D eigenvalue weighted by molar-refractivity contribution is -0.152. The molecule has 0 saturated heterocycles. The van der Waals surface area contributed by atoms with Gasteiger partial charge in [-0.15, -0.1) is 0 Å². The molecule has 0 bridgehead atoms. The summed E-state index contributed by atoms with van der Waals surface area (Å²) in [5, 5.41) is 39.9. The molecule has 0 aromatic rings. The van der Waals surface area contributed by atoms with Gasteiger partial charge < -0.3 is 36.1 Å². The highest BCUT2D eigenvalue weighted by Gasteiger charge is 2.14. The van der Waals surface area contributed by atoms with Crippen LogP contribution in [0.25, 0.3) is 0 Å². The van der Waals surface area contributed by atoms with E-state index in [1.807, 2.05) is 0 Å². The lowest BCUT2D eigenvalue weighted by Crippen LogP contribution is -2.29. The minimum atomic E-state index is -1.71. The second-order valence-electron chi connectivity index (χ2n) is 4.96. The number of ketones is 2. The molecule has 1 atom stereocenters. The smallest absolute Gasteiger partial charge is 0.372 e. The number of unbranched alkanes of at least 4 members (excludes halogenated alkanes) is 1. The highest BCUT2D eigenvalue weighted by molar-refractivity contribution is 6.35. The van der Waals surface area contributed by atoms with Crippen molar-refractivity contribution >= 4 is 47.7 Å². The van der Waals surface area contributed by atoms with E-state index < -0.39 is 66.7 Å². The SMILES string of the molecule is N[C@@H](CCCC=O)C(=O)O.O=C(O)CC(=O)C(=O)O.O=C(O)CCC(=O)C(=O)O. The molecule has 0 fully saturated rings. The number of rotatable bonds is 12. The average molecular weight is 423 g/mol. The van der Waals surface area contributed by atoms with E-state index in [2.05, 4.69) is 0 Å². The minimum Gasteiger partial charge on any atom is -0.481 e. The van der Waals surface area contributed by atoms with Gasteiger partial charge in [0.2, 0.25) is 5.78 Å². The van der Waals surface area contributed by atoms with Gasteiger partial charge in [-0.1, -0.05) is 0 Å². The number of aliphatic carboxylic acids is 5. The van der Waals surface area contributed by atoms with E-state index >= 15 is 0 Å². The third kappa shape index (κ3) is 24.3. The molecule has 0 aromatic carbocycles. The number of carbonyl (C=O) groups is 8. The van der Waals surface area contributed by atoms with Crippen molar-refractivity contribution in [1.29, 1.82) is 0 Å². The Labute approximate surface area is 162 Å². The molecule has 0 aromatic heterocycles. The summed E-state index contributed by atoms with van der Waals surface area (Å²) in [4.78, 5) is 78.8. The predicted octanol–water partition coefficient (Wildman–Crippen LogP) is -1.61. The maximum atomic E-state index is 10.2. The van der Waals surface area contributed by atoms with Gasteiger partial charge in [-0.25, -0.2) is 9.59 Å². The largest absolute Gasteiger partial charge is 0.481 e. The van der Waals surface area contributed by atoms with Gasteiger partial charge in [0.15, 0.2) is 0 Å². The molecule has 7 N–H and O–H groups in total. The minimum absolute atomic E-state index is 0.369. The molecule has 164 valence electrons. The fourth-order valence-corrected chi connectivity index (χ4v) is 1.08. The van der Waals surface area contributed by atoms with Crippen LogP contribution >= 0.6 is 0 Å². The Morgan fingerprint density at radius 2 is 1.24 bits per heavy atom. The second-order valence-corrected chi connectivity index (χ2v) is 4.96. The van der Waals surface area contributed by atoms with E-state index in [9.17, 15) is 38.4 Å². The third-order valence-electron chi connectivity index (χ3n) is 2.51. The van der Waals surface area contributed by atoms with Crippen LogP contribution in [-0.4, -0.2) is 79.3 Å². The lowest BCUT2D eigenvalue weighted by atomic mass is 10.1. The summed E-state index contributed by atoms with van der Waals surface area (Å²) in [6.07, 6.45) is 0.256. The van der Waals surface area contributed by atoms with Crippen LogP contribution in [0.2, 0.25) is 0 Å². The molecule has 29 heavy (non-hydrogen) atoms.